The van der Waals surface area contributed by atoms with Gasteiger partial charge < -0.3 is 4.90 Å². The van der Waals surface area contributed by atoms with Gasteiger partial charge in [-0.1, -0.05) is 35.0 Å². The summed E-state index contributed by atoms with van der Waals surface area (Å²) in [4.78, 5) is 13.7. The van der Waals surface area contributed by atoms with Gasteiger partial charge >= 0.3 is 0 Å². The number of carbonyl (C=O) groups excluding carboxylic acids is 1. The van der Waals surface area contributed by atoms with E-state index in [0.29, 0.717) is 13.0 Å². The molecule has 0 fully saturated rings. The molecule has 1 amide bonds. The predicted molar refractivity (Wildman–Crippen MR) is 110 cm³/mol. The van der Waals surface area contributed by atoms with Crippen molar-refractivity contribution in [2.24, 2.45) is 0 Å². The molecule has 1 heterocycles. The number of rotatable bonds is 5. The van der Waals surface area contributed by atoms with Gasteiger partial charge in [-0.05, 0) is 60.7 Å². The molecule has 27 heavy (non-hydrogen) atoms. The molecule has 0 spiro atoms. The van der Waals surface area contributed by atoms with Crippen molar-refractivity contribution in [3.05, 3.63) is 58.1 Å². The van der Waals surface area contributed by atoms with Crippen LogP contribution in [0.5, 0.6) is 0 Å². The number of hydrogen-bond donors (Lipinski definition) is 1. The van der Waals surface area contributed by atoms with Crippen LogP contribution in [-0.4, -0.2) is 20.9 Å². The van der Waals surface area contributed by atoms with E-state index in [1.807, 2.05) is 31.2 Å². The van der Waals surface area contributed by atoms with E-state index in [2.05, 4.69) is 20.7 Å². The maximum Gasteiger partial charge on any atom is 0.241 e. The maximum absolute atomic E-state index is 12.9. The lowest BCUT2D eigenvalue weighted by Gasteiger charge is -2.29. The SMILES string of the molecule is CC[C@@H](NS(=O)(=O)c1ccc2c(c1)CCCN2C(C)=O)c1ccc(Br)cc1. The highest BCUT2D eigenvalue weighted by Crippen LogP contribution is 2.30. The number of carbonyl (C=O) groups is 1. The van der Waals surface area contributed by atoms with Crippen LogP contribution in [0.3, 0.4) is 0 Å². The second-order valence-corrected chi connectivity index (χ2v) is 9.33. The summed E-state index contributed by atoms with van der Waals surface area (Å²) in [5.41, 5.74) is 2.63. The fourth-order valence-electron chi connectivity index (χ4n) is 3.41. The van der Waals surface area contributed by atoms with E-state index >= 15 is 0 Å². The molecule has 3 rings (SSSR count). The Bertz CT molecular complexity index is 942. The maximum atomic E-state index is 12.9. The largest absolute Gasteiger partial charge is 0.312 e. The molecule has 0 bridgehead atoms. The molecule has 2 aromatic rings. The van der Waals surface area contributed by atoms with Gasteiger partial charge in [0.15, 0.2) is 0 Å². The fraction of sp³-hybridized carbons (Fsp3) is 0.350. The quantitative estimate of drug-likeness (QED) is 0.742. The lowest BCUT2D eigenvalue weighted by Crippen LogP contribution is -2.34. The Morgan fingerprint density at radius 2 is 1.93 bits per heavy atom. The number of halogens is 1. The van der Waals surface area contributed by atoms with Crippen molar-refractivity contribution in [1.82, 2.24) is 4.72 Å². The molecular weight excluding hydrogens is 428 g/mol. The Labute approximate surface area is 169 Å². The Balaban J connectivity index is 1.88. The molecular formula is C20H23BrN2O3S. The molecule has 0 aromatic heterocycles. The van der Waals surface area contributed by atoms with Crippen molar-refractivity contribution in [3.8, 4) is 0 Å². The standard InChI is InChI=1S/C20H23BrN2O3S/c1-3-19(15-6-8-17(21)9-7-15)22-27(25,26)18-10-11-20-16(13-18)5-4-12-23(20)14(2)24/h6-11,13,19,22H,3-5,12H2,1-2H3/t19-/m1/s1. The first kappa shape index (κ1) is 20.0. The molecule has 7 heteroatoms. The topological polar surface area (TPSA) is 66.5 Å². The molecule has 0 aliphatic carbocycles. The average molecular weight is 451 g/mol. The summed E-state index contributed by atoms with van der Waals surface area (Å²) in [5.74, 6) is -0.0223. The van der Waals surface area contributed by atoms with Crippen LogP contribution in [0, 0.1) is 0 Å². The molecule has 2 aromatic carbocycles. The van der Waals surface area contributed by atoms with Gasteiger partial charge in [0, 0.05) is 29.7 Å². The molecule has 1 atom stereocenters. The smallest absolute Gasteiger partial charge is 0.241 e. The molecule has 144 valence electrons. The first-order valence-electron chi connectivity index (χ1n) is 9.00. The summed E-state index contributed by atoms with van der Waals surface area (Å²) in [6, 6.07) is 12.4. The number of benzene rings is 2. The van der Waals surface area contributed by atoms with Crippen LogP contribution in [0.25, 0.3) is 0 Å². The lowest BCUT2D eigenvalue weighted by molar-refractivity contribution is -0.116. The van der Waals surface area contributed by atoms with Crippen LogP contribution in [0.1, 0.15) is 43.9 Å². The molecule has 0 saturated carbocycles. The molecule has 1 aliphatic rings. The highest BCUT2D eigenvalue weighted by atomic mass is 79.9. The molecule has 1 N–H and O–H groups in total. The van der Waals surface area contributed by atoms with Gasteiger partial charge in [0.2, 0.25) is 15.9 Å². The van der Waals surface area contributed by atoms with E-state index in [9.17, 15) is 13.2 Å². The van der Waals surface area contributed by atoms with E-state index < -0.39 is 10.0 Å². The van der Waals surface area contributed by atoms with Crippen LogP contribution in [0.15, 0.2) is 51.8 Å². The van der Waals surface area contributed by atoms with E-state index in [4.69, 9.17) is 0 Å². The summed E-state index contributed by atoms with van der Waals surface area (Å²) in [6.07, 6.45) is 2.25. The highest BCUT2D eigenvalue weighted by Gasteiger charge is 2.25. The Morgan fingerprint density at radius 3 is 2.56 bits per heavy atom. The number of fused-ring (bicyclic) bond motifs is 1. The van der Waals surface area contributed by atoms with Crippen molar-refractivity contribution >= 4 is 37.5 Å². The second kappa shape index (κ2) is 8.12. The lowest BCUT2D eigenvalue weighted by atomic mass is 10.0. The third kappa shape index (κ3) is 4.42. The van der Waals surface area contributed by atoms with Crippen LogP contribution >= 0.6 is 15.9 Å². The second-order valence-electron chi connectivity index (χ2n) is 6.70. The highest BCUT2D eigenvalue weighted by molar-refractivity contribution is 9.10. The monoisotopic (exact) mass is 450 g/mol. The average Bonchev–Trinajstić information content (AvgIpc) is 2.65. The number of amides is 1. The number of nitrogens with one attached hydrogen (secondary N) is 1. The number of sulfonamides is 1. The number of anilines is 1. The third-order valence-electron chi connectivity index (χ3n) is 4.84. The molecule has 5 nitrogen and oxygen atoms in total. The van der Waals surface area contributed by atoms with Gasteiger partial charge in [0.05, 0.1) is 4.90 Å². The number of nitrogens with zero attached hydrogens (tertiary/aromatic N) is 1. The Morgan fingerprint density at radius 1 is 1.22 bits per heavy atom. The van der Waals surface area contributed by atoms with E-state index in [1.165, 1.54) is 6.92 Å². The Hall–Kier alpha value is -1.70. The van der Waals surface area contributed by atoms with Gasteiger partial charge in [-0.25, -0.2) is 13.1 Å². The molecule has 0 saturated heterocycles. The molecule has 0 unspecified atom stereocenters. The normalized spacial score (nSPS) is 15.3. The van der Waals surface area contributed by atoms with E-state index in [0.717, 1.165) is 34.1 Å². The van der Waals surface area contributed by atoms with Gasteiger partial charge in [-0.2, -0.15) is 0 Å². The minimum absolute atomic E-state index is 0.0223. The minimum Gasteiger partial charge on any atom is -0.312 e. The van der Waals surface area contributed by atoms with Gasteiger partial charge in [0.25, 0.3) is 0 Å². The van der Waals surface area contributed by atoms with Crippen molar-refractivity contribution in [3.63, 3.8) is 0 Å². The first-order valence-corrected chi connectivity index (χ1v) is 11.3. The zero-order chi connectivity index (χ0) is 19.6. The fourth-order valence-corrected chi connectivity index (χ4v) is 5.03. The number of hydrogen-bond acceptors (Lipinski definition) is 3. The van der Waals surface area contributed by atoms with Crippen molar-refractivity contribution < 1.29 is 13.2 Å². The summed E-state index contributed by atoms with van der Waals surface area (Å²) in [7, 11) is -3.67. The summed E-state index contributed by atoms with van der Waals surface area (Å²) in [6.45, 7) is 4.16. The third-order valence-corrected chi connectivity index (χ3v) is 6.84. The Kier molecular flexibility index (Phi) is 6.03. The zero-order valence-electron chi connectivity index (χ0n) is 15.4. The van der Waals surface area contributed by atoms with E-state index in [-0.39, 0.29) is 16.8 Å². The predicted octanol–water partition coefficient (Wildman–Crippen LogP) is 4.18. The zero-order valence-corrected chi connectivity index (χ0v) is 17.8. The minimum atomic E-state index is -3.67. The van der Waals surface area contributed by atoms with Gasteiger partial charge in [0.1, 0.15) is 0 Å². The molecule has 0 radical (unpaired) electrons. The summed E-state index contributed by atoms with van der Waals surface area (Å²) in [5, 5.41) is 0. The van der Waals surface area contributed by atoms with Crippen molar-refractivity contribution in [2.75, 3.05) is 11.4 Å². The first-order chi connectivity index (χ1) is 12.8. The van der Waals surface area contributed by atoms with Crippen molar-refractivity contribution in [2.45, 2.75) is 44.0 Å². The van der Waals surface area contributed by atoms with E-state index in [1.54, 1.807) is 23.1 Å². The number of aryl methyl sites for hydroxylation is 1. The van der Waals surface area contributed by atoms with Crippen LogP contribution in [0.4, 0.5) is 5.69 Å². The van der Waals surface area contributed by atoms with Crippen LogP contribution < -0.4 is 9.62 Å². The van der Waals surface area contributed by atoms with Crippen LogP contribution in [0.2, 0.25) is 0 Å². The summed E-state index contributed by atoms with van der Waals surface area (Å²) < 4.78 is 29.6. The van der Waals surface area contributed by atoms with Crippen LogP contribution in [-0.2, 0) is 21.2 Å². The van der Waals surface area contributed by atoms with Gasteiger partial charge in [-0.15, -0.1) is 0 Å². The summed E-state index contributed by atoms with van der Waals surface area (Å²) >= 11 is 3.40. The van der Waals surface area contributed by atoms with Crippen molar-refractivity contribution in [1.29, 1.82) is 0 Å². The van der Waals surface area contributed by atoms with Gasteiger partial charge in [-0.3, -0.25) is 4.79 Å². The molecule has 1 aliphatic heterocycles.